The molecule has 1 heterocycles. The molecule has 1 aromatic heterocycles. The molecule has 2 aromatic rings. The van der Waals surface area contributed by atoms with Gasteiger partial charge in [-0.05, 0) is 32.0 Å². The summed E-state index contributed by atoms with van der Waals surface area (Å²) in [4.78, 5) is 4.34. The summed E-state index contributed by atoms with van der Waals surface area (Å²) >= 11 is 0. The van der Waals surface area contributed by atoms with Gasteiger partial charge in [0.2, 0.25) is 10.0 Å². The van der Waals surface area contributed by atoms with Gasteiger partial charge in [-0.1, -0.05) is 18.2 Å². The Hall–Kier alpha value is -1.70. The molecule has 2 rings (SSSR count). The lowest BCUT2D eigenvalue weighted by Crippen LogP contribution is -2.22. The minimum atomic E-state index is -3.37. The van der Waals surface area contributed by atoms with Crippen molar-refractivity contribution in [3.05, 3.63) is 48.0 Å². The van der Waals surface area contributed by atoms with E-state index in [-0.39, 0.29) is 5.75 Å². The van der Waals surface area contributed by atoms with Crippen LogP contribution >= 0.6 is 0 Å². The molecule has 21 heavy (non-hydrogen) atoms. The van der Waals surface area contributed by atoms with Crippen molar-refractivity contribution in [3.8, 4) is 5.69 Å². The highest BCUT2D eigenvalue weighted by Crippen LogP contribution is 2.14. The molecular weight excluding hydrogens is 288 g/mol. The van der Waals surface area contributed by atoms with Gasteiger partial charge >= 0.3 is 0 Å². The molecule has 0 aliphatic rings. The number of para-hydroxylation sites is 1. The second-order valence-electron chi connectivity index (χ2n) is 4.87. The summed E-state index contributed by atoms with van der Waals surface area (Å²) in [6, 6.07) is 10.00. The number of sulfonamides is 1. The van der Waals surface area contributed by atoms with Gasteiger partial charge in [-0.25, -0.2) is 18.5 Å². The Morgan fingerprint density at radius 2 is 2.00 bits per heavy atom. The molecule has 0 saturated heterocycles. The highest BCUT2D eigenvalue weighted by atomic mass is 32.2. The molecule has 6 nitrogen and oxygen atoms in total. The lowest BCUT2D eigenvalue weighted by molar-refractivity contribution is 0.589. The van der Waals surface area contributed by atoms with Gasteiger partial charge in [0.15, 0.2) is 0 Å². The first-order valence-corrected chi connectivity index (χ1v) is 8.49. The van der Waals surface area contributed by atoms with Crippen molar-refractivity contribution in [2.45, 2.75) is 19.9 Å². The summed E-state index contributed by atoms with van der Waals surface area (Å²) < 4.78 is 23.8. The van der Waals surface area contributed by atoms with Gasteiger partial charge in [-0.3, -0.25) is 4.57 Å². The van der Waals surface area contributed by atoms with Gasteiger partial charge in [-0.15, -0.1) is 0 Å². The second-order valence-corrected chi connectivity index (χ2v) is 6.60. The number of aryl methyl sites for hydroxylation is 1. The largest absolute Gasteiger partial charge is 0.311 e. The van der Waals surface area contributed by atoms with Crippen LogP contribution in [0, 0.1) is 6.92 Å². The number of nitrogens with one attached hydrogen (secondary N) is 1. The predicted molar refractivity (Wildman–Crippen MR) is 82.6 cm³/mol. The molecule has 0 unspecified atom stereocenters. The van der Waals surface area contributed by atoms with Crippen LogP contribution in [-0.2, 0) is 16.6 Å². The lowest BCUT2D eigenvalue weighted by Gasteiger charge is -2.11. The van der Waals surface area contributed by atoms with Crippen LogP contribution in [0.15, 0.2) is 36.5 Å². The van der Waals surface area contributed by atoms with Crippen molar-refractivity contribution in [3.63, 3.8) is 0 Å². The fourth-order valence-electron chi connectivity index (χ4n) is 2.16. The molecule has 114 valence electrons. The third kappa shape index (κ3) is 4.66. The quantitative estimate of drug-likeness (QED) is 0.745. The molecule has 7 heteroatoms. The van der Waals surface area contributed by atoms with Crippen LogP contribution in [0.25, 0.3) is 5.69 Å². The number of nitrogens with two attached hydrogens (primary N) is 1. The number of benzene rings is 1. The van der Waals surface area contributed by atoms with E-state index in [1.54, 1.807) is 0 Å². The highest BCUT2D eigenvalue weighted by Gasteiger charge is 2.08. The molecule has 1 aromatic carbocycles. The first kappa shape index (κ1) is 15.7. The van der Waals surface area contributed by atoms with E-state index in [9.17, 15) is 8.42 Å². The van der Waals surface area contributed by atoms with E-state index in [0.29, 0.717) is 19.5 Å². The molecule has 0 fully saturated rings. The van der Waals surface area contributed by atoms with Crippen molar-refractivity contribution in [2.75, 3.05) is 12.3 Å². The Labute approximate surface area is 125 Å². The molecular formula is C14H20N4O2S. The smallest absolute Gasteiger partial charge is 0.209 e. The zero-order chi connectivity index (χ0) is 15.3. The zero-order valence-corrected chi connectivity index (χ0v) is 12.8. The normalized spacial score (nSPS) is 11.7. The Morgan fingerprint density at radius 1 is 1.29 bits per heavy atom. The zero-order valence-electron chi connectivity index (χ0n) is 12.0. The van der Waals surface area contributed by atoms with Crippen LogP contribution in [-0.4, -0.2) is 30.3 Å². The number of primary sulfonamides is 1. The topological polar surface area (TPSA) is 90.0 Å². The molecule has 0 radical (unpaired) electrons. The Bertz CT molecular complexity index is 680. The van der Waals surface area contributed by atoms with Crippen LogP contribution in [0.2, 0.25) is 0 Å². The average Bonchev–Trinajstić information content (AvgIpc) is 2.79. The maximum atomic E-state index is 10.8. The molecule has 0 aliphatic carbocycles. The Balaban J connectivity index is 1.96. The average molecular weight is 308 g/mol. The predicted octanol–water partition coefficient (Wildman–Crippen LogP) is 0.949. The summed E-state index contributed by atoms with van der Waals surface area (Å²) in [6.07, 6.45) is 2.33. The van der Waals surface area contributed by atoms with Crippen LogP contribution in [0.3, 0.4) is 0 Å². The third-order valence-electron chi connectivity index (χ3n) is 3.11. The van der Waals surface area contributed by atoms with Crippen LogP contribution in [0.1, 0.15) is 17.9 Å². The van der Waals surface area contributed by atoms with Crippen molar-refractivity contribution in [1.82, 2.24) is 14.9 Å². The monoisotopic (exact) mass is 308 g/mol. The molecule has 0 bridgehead atoms. The molecule has 3 N–H and O–H groups in total. The van der Waals surface area contributed by atoms with E-state index in [4.69, 9.17) is 5.14 Å². The second kappa shape index (κ2) is 6.84. The van der Waals surface area contributed by atoms with E-state index in [1.165, 1.54) is 0 Å². The fraction of sp³-hybridized carbons (Fsp3) is 0.357. The number of rotatable bonds is 7. The van der Waals surface area contributed by atoms with Crippen molar-refractivity contribution < 1.29 is 8.42 Å². The molecule has 0 amide bonds. The number of aromatic nitrogens is 2. The summed E-state index contributed by atoms with van der Waals surface area (Å²) in [5.74, 6) is 0.916. The van der Waals surface area contributed by atoms with Crippen molar-refractivity contribution >= 4 is 10.0 Å². The Kier molecular flexibility index (Phi) is 5.11. The minimum absolute atomic E-state index is 0.00300. The maximum absolute atomic E-state index is 10.8. The first-order valence-electron chi connectivity index (χ1n) is 6.77. The summed E-state index contributed by atoms with van der Waals surface area (Å²) in [5, 5.41) is 8.18. The van der Waals surface area contributed by atoms with Gasteiger partial charge < -0.3 is 5.32 Å². The van der Waals surface area contributed by atoms with Gasteiger partial charge in [0.1, 0.15) is 5.82 Å². The molecule has 0 atom stereocenters. The SMILES string of the molecule is Cc1ncc(CNCCCS(N)(=O)=O)n1-c1ccccc1. The summed E-state index contributed by atoms with van der Waals surface area (Å²) in [7, 11) is -3.37. The number of nitrogens with zero attached hydrogens (tertiary/aromatic N) is 2. The van der Waals surface area contributed by atoms with Crippen molar-refractivity contribution in [2.24, 2.45) is 5.14 Å². The minimum Gasteiger partial charge on any atom is -0.311 e. The fourth-order valence-corrected chi connectivity index (χ4v) is 2.71. The first-order chi connectivity index (χ1) is 9.97. The number of hydrogen-bond donors (Lipinski definition) is 2. The summed E-state index contributed by atoms with van der Waals surface area (Å²) in [6.45, 7) is 3.17. The Morgan fingerprint density at radius 3 is 2.67 bits per heavy atom. The maximum Gasteiger partial charge on any atom is 0.209 e. The van der Waals surface area contributed by atoms with Gasteiger partial charge in [0.05, 0.1) is 17.6 Å². The van der Waals surface area contributed by atoms with Gasteiger partial charge in [0.25, 0.3) is 0 Å². The molecule has 0 saturated carbocycles. The van der Waals surface area contributed by atoms with E-state index >= 15 is 0 Å². The van der Waals surface area contributed by atoms with E-state index in [2.05, 4.69) is 14.9 Å². The van der Waals surface area contributed by atoms with Crippen LogP contribution < -0.4 is 10.5 Å². The lowest BCUT2D eigenvalue weighted by atomic mass is 10.3. The standard InChI is InChI=1S/C14H20N4O2S/c1-12-17-11-14(10-16-8-5-9-21(15,19)20)18(12)13-6-3-2-4-7-13/h2-4,6-7,11,16H,5,8-10H2,1H3,(H2,15,19,20). The van der Waals surface area contributed by atoms with E-state index in [1.807, 2.05) is 43.5 Å². The highest BCUT2D eigenvalue weighted by molar-refractivity contribution is 7.89. The van der Waals surface area contributed by atoms with Crippen LogP contribution in [0.4, 0.5) is 0 Å². The van der Waals surface area contributed by atoms with Crippen molar-refractivity contribution in [1.29, 1.82) is 0 Å². The van der Waals surface area contributed by atoms with Gasteiger partial charge in [0, 0.05) is 12.2 Å². The van der Waals surface area contributed by atoms with Crippen LogP contribution in [0.5, 0.6) is 0 Å². The molecule has 0 spiro atoms. The van der Waals surface area contributed by atoms with E-state index < -0.39 is 10.0 Å². The van der Waals surface area contributed by atoms with E-state index in [0.717, 1.165) is 17.2 Å². The summed E-state index contributed by atoms with van der Waals surface area (Å²) in [5.41, 5.74) is 2.10. The number of hydrogen-bond acceptors (Lipinski definition) is 4. The number of imidazole rings is 1. The third-order valence-corrected chi connectivity index (χ3v) is 3.97. The molecule has 0 aliphatic heterocycles. The van der Waals surface area contributed by atoms with Gasteiger partial charge in [-0.2, -0.15) is 0 Å².